The lowest BCUT2D eigenvalue weighted by molar-refractivity contribution is 0.0943. The molecular weight excluding hydrogens is 374 g/mol. The highest BCUT2D eigenvalue weighted by molar-refractivity contribution is 6.01. The summed E-state index contributed by atoms with van der Waals surface area (Å²) < 4.78 is 5.77. The number of rotatable bonds is 14. The lowest BCUT2D eigenvalue weighted by Crippen LogP contribution is -2.46. The first-order chi connectivity index (χ1) is 13.1. The van der Waals surface area contributed by atoms with Crippen LogP contribution in [0.3, 0.4) is 0 Å². The Hall–Kier alpha value is -1.75. The summed E-state index contributed by atoms with van der Waals surface area (Å²) in [6.45, 7) is 2.97. The van der Waals surface area contributed by atoms with E-state index in [-0.39, 0.29) is 24.1 Å². The maximum atomic E-state index is 12.3. The molecule has 0 aliphatic heterocycles. The molecule has 1 aliphatic rings. The van der Waals surface area contributed by atoms with Crippen LogP contribution in [0.2, 0.25) is 0 Å². The van der Waals surface area contributed by atoms with Crippen molar-refractivity contribution in [2.75, 3.05) is 6.61 Å². The van der Waals surface area contributed by atoms with Gasteiger partial charge >= 0.3 is 0 Å². The van der Waals surface area contributed by atoms with E-state index in [1.165, 1.54) is 51.4 Å². The lowest BCUT2D eigenvalue weighted by Gasteiger charge is -2.15. The number of hydrogen-bond donors (Lipinski definition) is 3. The normalized spacial score (nSPS) is 14.0. The van der Waals surface area contributed by atoms with Crippen molar-refractivity contribution >= 4 is 24.1 Å². The van der Waals surface area contributed by atoms with Gasteiger partial charge in [-0.05, 0) is 43.5 Å². The smallest absolute Gasteiger partial charge is 0.252 e. The summed E-state index contributed by atoms with van der Waals surface area (Å²) in [5, 5.41) is 10.4. The Morgan fingerprint density at radius 1 is 1.04 bits per heavy atom. The summed E-state index contributed by atoms with van der Waals surface area (Å²) in [6, 6.07) is 7.18. The van der Waals surface area contributed by atoms with Gasteiger partial charge in [0.15, 0.2) is 0 Å². The van der Waals surface area contributed by atoms with Gasteiger partial charge in [0.2, 0.25) is 0 Å². The van der Waals surface area contributed by atoms with Gasteiger partial charge < -0.3 is 15.8 Å². The molecule has 5 nitrogen and oxygen atoms in total. The van der Waals surface area contributed by atoms with Crippen LogP contribution in [-0.2, 0) is 0 Å². The summed E-state index contributed by atoms with van der Waals surface area (Å²) in [5.74, 6) is 0.642. The average molecular weight is 410 g/mol. The van der Waals surface area contributed by atoms with Crippen LogP contribution in [0.4, 0.5) is 0 Å². The van der Waals surface area contributed by atoms with Gasteiger partial charge in [-0.2, -0.15) is 0 Å². The van der Waals surface area contributed by atoms with Crippen molar-refractivity contribution in [3.05, 3.63) is 29.8 Å². The van der Waals surface area contributed by atoms with E-state index in [0.29, 0.717) is 5.56 Å². The predicted molar refractivity (Wildman–Crippen MR) is 118 cm³/mol. The first-order valence-corrected chi connectivity index (χ1v) is 10.5. The fraction of sp³-hybridized carbons (Fsp3) is 0.636. The molecule has 2 rings (SSSR count). The zero-order valence-electron chi connectivity index (χ0n) is 17.1. The molecule has 158 valence electrons. The topological polar surface area (TPSA) is 88.2 Å². The van der Waals surface area contributed by atoms with Crippen LogP contribution < -0.4 is 15.8 Å². The molecule has 6 heteroatoms. The number of ether oxygens (including phenoxy) is 1. The van der Waals surface area contributed by atoms with Gasteiger partial charge in [0.25, 0.3) is 5.91 Å². The number of unbranched alkanes of at least 4 members (excludes halogenated alkanes) is 8. The van der Waals surface area contributed by atoms with Crippen molar-refractivity contribution < 1.29 is 9.53 Å². The van der Waals surface area contributed by atoms with E-state index in [2.05, 4.69) is 12.2 Å². The molecule has 0 spiro atoms. The molecular formula is C22H36ClN3O2. The molecule has 0 saturated heterocycles. The third-order valence-corrected chi connectivity index (χ3v) is 5.25. The number of carbonyl (C=O) groups excluding carboxylic acids is 1. The van der Waals surface area contributed by atoms with Crippen LogP contribution in [0, 0.1) is 5.41 Å². The number of carbonyl (C=O) groups is 1. The molecule has 0 aromatic heterocycles. The summed E-state index contributed by atoms with van der Waals surface area (Å²) >= 11 is 0. The quantitative estimate of drug-likeness (QED) is 0.223. The monoisotopic (exact) mass is 409 g/mol. The summed E-state index contributed by atoms with van der Waals surface area (Å²) in [6.07, 6.45) is 13.2. The molecule has 1 fully saturated rings. The number of amides is 1. The highest BCUT2D eigenvalue weighted by Crippen LogP contribution is 2.35. The molecule has 28 heavy (non-hydrogen) atoms. The first-order valence-electron chi connectivity index (χ1n) is 10.5. The summed E-state index contributed by atoms with van der Waals surface area (Å²) in [5.41, 5.74) is 5.52. The van der Waals surface area contributed by atoms with Crippen LogP contribution in [0.5, 0.6) is 5.75 Å². The zero-order valence-corrected chi connectivity index (χ0v) is 17.9. The molecule has 1 aromatic carbocycles. The van der Waals surface area contributed by atoms with Crippen LogP contribution in [0.15, 0.2) is 24.3 Å². The number of amidine groups is 1. The first kappa shape index (κ1) is 24.3. The molecule has 0 atom stereocenters. The van der Waals surface area contributed by atoms with E-state index < -0.39 is 5.54 Å². The van der Waals surface area contributed by atoms with E-state index in [1.807, 2.05) is 12.1 Å². The Morgan fingerprint density at radius 2 is 1.57 bits per heavy atom. The van der Waals surface area contributed by atoms with Gasteiger partial charge in [-0.15, -0.1) is 12.4 Å². The Kier molecular flexibility index (Phi) is 11.0. The van der Waals surface area contributed by atoms with Gasteiger partial charge in [-0.3, -0.25) is 10.2 Å². The molecule has 1 amide bonds. The molecule has 0 radical (unpaired) electrons. The Morgan fingerprint density at radius 3 is 2.07 bits per heavy atom. The van der Waals surface area contributed by atoms with Crippen molar-refractivity contribution in [3.63, 3.8) is 0 Å². The van der Waals surface area contributed by atoms with Crippen molar-refractivity contribution in [2.45, 2.75) is 83.1 Å². The largest absolute Gasteiger partial charge is 0.494 e. The van der Waals surface area contributed by atoms with Crippen molar-refractivity contribution in [1.29, 1.82) is 5.41 Å². The van der Waals surface area contributed by atoms with Gasteiger partial charge in [0.05, 0.1) is 12.1 Å². The number of nitrogens with one attached hydrogen (secondary N) is 2. The van der Waals surface area contributed by atoms with Gasteiger partial charge in [0.1, 0.15) is 11.6 Å². The Bertz CT molecular complexity index is 600. The molecule has 0 heterocycles. The zero-order chi connectivity index (χ0) is 19.5. The second-order valence-corrected chi connectivity index (χ2v) is 7.65. The lowest BCUT2D eigenvalue weighted by atomic mass is 10.1. The maximum Gasteiger partial charge on any atom is 0.252 e. The predicted octanol–water partition coefficient (Wildman–Crippen LogP) is 5.22. The molecule has 4 N–H and O–H groups in total. The van der Waals surface area contributed by atoms with Crippen molar-refractivity contribution in [2.24, 2.45) is 5.73 Å². The molecule has 1 saturated carbocycles. The molecule has 0 bridgehead atoms. The third kappa shape index (κ3) is 8.09. The van der Waals surface area contributed by atoms with Crippen LogP contribution in [-0.4, -0.2) is 23.9 Å². The number of nitrogens with two attached hydrogens (primary N) is 1. The fourth-order valence-corrected chi connectivity index (χ4v) is 3.18. The Labute approximate surface area is 175 Å². The van der Waals surface area contributed by atoms with Crippen LogP contribution >= 0.6 is 12.4 Å². The van der Waals surface area contributed by atoms with Crippen molar-refractivity contribution in [3.8, 4) is 5.75 Å². The van der Waals surface area contributed by atoms with Crippen LogP contribution in [0.25, 0.3) is 0 Å². The fourth-order valence-electron chi connectivity index (χ4n) is 3.18. The molecule has 0 unspecified atom stereocenters. The van der Waals surface area contributed by atoms with Gasteiger partial charge in [0, 0.05) is 5.56 Å². The highest BCUT2D eigenvalue weighted by Gasteiger charge is 2.47. The number of hydrogen-bond acceptors (Lipinski definition) is 3. The number of halogens is 1. The van der Waals surface area contributed by atoms with Crippen molar-refractivity contribution in [1.82, 2.24) is 5.32 Å². The average Bonchev–Trinajstić information content (AvgIpc) is 3.44. The molecule has 1 aromatic rings. The van der Waals surface area contributed by atoms with E-state index >= 15 is 0 Å². The molecule has 1 aliphatic carbocycles. The van der Waals surface area contributed by atoms with Gasteiger partial charge in [-0.25, -0.2) is 0 Å². The second kappa shape index (κ2) is 12.7. The highest BCUT2D eigenvalue weighted by atomic mass is 35.5. The minimum Gasteiger partial charge on any atom is -0.494 e. The van der Waals surface area contributed by atoms with E-state index in [9.17, 15) is 4.79 Å². The SMILES string of the molecule is CCCCCCCCCCCOc1ccc(C(=O)NC2(C(=N)N)CC2)cc1.Cl. The van der Waals surface area contributed by atoms with E-state index in [4.69, 9.17) is 15.9 Å². The maximum absolute atomic E-state index is 12.3. The minimum atomic E-state index is -0.609. The standard InChI is InChI=1S/C22H35N3O2.ClH/c1-2-3-4-5-6-7-8-9-10-17-27-19-13-11-18(12-14-19)20(26)25-22(15-16-22)21(23)24;/h11-14H,2-10,15-17H2,1H3,(H3,23,24)(H,25,26);1H. The van der Waals surface area contributed by atoms with Gasteiger partial charge in [-0.1, -0.05) is 58.3 Å². The van der Waals surface area contributed by atoms with E-state index in [1.54, 1.807) is 12.1 Å². The second-order valence-electron chi connectivity index (χ2n) is 7.65. The summed E-state index contributed by atoms with van der Waals surface area (Å²) in [7, 11) is 0. The Balaban J connectivity index is 0.00000392. The minimum absolute atomic E-state index is 0. The van der Waals surface area contributed by atoms with Crippen LogP contribution in [0.1, 0.15) is 87.9 Å². The summed E-state index contributed by atoms with van der Waals surface area (Å²) in [4.78, 5) is 12.3. The van der Waals surface area contributed by atoms with E-state index in [0.717, 1.165) is 31.6 Å². The number of benzene rings is 1. The third-order valence-electron chi connectivity index (χ3n) is 5.25.